The first-order valence-corrected chi connectivity index (χ1v) is 31.9. The molecule has 0 aromatic rings. The first-order valence-electron chi connectivity index (χ1n) is 30.4. The molecule has 0 aromatic heterocycles. The Morgan fingerprint density at radius 3 is 1.34 bits per heavy atom. The predicted octanol–water partition coefficient (Wildman–Crippen LogP) is 18.6. The maximum absolute atomic E-state index is 13.5. The number of hydrogen-bond acceptors (Lipinski definition) is 6. The average molecular weight is 1060 g/mol. The SMILES string of the molecule is CC/C=C/C/C=C/C/C=C/C/C=C/CCCCCC(=O)NC(COP(=O)(O)OCC[N+](C)(C)C)C(/C=C/CCCCCCCCCCC)OC(=O)CCCCCCCCCCCCC/C=C\C/C=C\CCCCC. The second-order valence-electron chi connectivity index (χ2n) is 21.5. The minimum Gasteiger partial charge on any atom is -0.456 e. The number of carbonyl (C=O) groups is 2. The van der Waals surface area contributed by atoms with E-state index < -0.39 is 20.0 Å². The maximum Gasteiger partial charge on any atom is 0.472 e. The first kappa shape index (κ1) is 71.2. The van der Waals surface area contributed by atoms with Crippen molar-refractivity contribution < 1.29 is 37.3 Å². The van der Waals surface area contributed by atoms with Gasteiger partial charge in [-0.15, -0.1) is 0 Å². The third kappa shape index (κ3) is 54.0. The summed E-state index contributed by atoms with van der Waals surface area (Å²) in [5, 5.41) is 3.03. The summed E-state index contributed by atoms with van der Waals surface area (Å²) in [7, 11) is 1.47. The number of esters is 1. The van der Waals surface area contributed by atoms with Crippen LogP contribution >= 0.6 is 7.82 Å². The molecule has 0 radical (unpaired) electrons. The van der Waals surface area contributed by atoms with Crippen LogP contribution < -0.4 is 5.32 Å². The van der Waals surface area contributed by atoms with Crippen molar-refractivity contribution in [3.05, 3.63) is 85.1 Å². The Morgan fingerprint density at radius 1 is 0.486 bits per heavy atom. The lowest BCUT2D eigenvalue weighted by Gasteiger charge is -2.27. The molecule has 0 aliphatic carbocycles. The van der Waals surface area contributed by atoms with E-state index in [0.29, 0.717) is 23.9 Å². The lowest BCUT2D eigenvalue weighted by Crippen LogP contribution is -2.47. The second-order valence-corrected chi connectivity index (χ2v) is 22.9. The van der Waals surface area contributed by atoms with E-state index in [-0.39, 0.29) is 31.5 Å². The van der Waals surface area contributed by atoms with E-state index in [1.165, 1.54) is 128 Å². The molecule has 0 rings (SSSR count). The average Bonchev–Trinajstić information content (AvgIpc) is 3.36. The van der Waals surface area contributed by atoms with E-state index in [1.807, 2.05) is 33.3 Å². The number of phosphoric acid groups is 1. The largest absolute Gasteiger partial charge is 0.472 e. The van der Waals surface area contributed by atoms with E-state index >= 15 is 0 Å². The summed E-state index contributed by atoms with van der Waals surface area (Å²) >= 11 is 0. The van der Waals surface area contributed by atoms with Crippen LogP contribution in [0.15, 0.2) is 85.1 Å². The van der Waals surface area contributed by atoms with Crippen molar-refractivity contribution in [2.45, 2.75) is 270 Å². The molecule has 74 heavy (non-hydrogen) atoms. The third-order valence-electron chi connectivity index (χ3n) is 13.1. The van der Waals surface area contributed by atoms with Crippen molar-refractivity contribution in [2.75, 3.05) is 40.9 Å². The summed E-state index contributed by atoms with van der Waals surface area (Å²) in [5.74, 6) is -0.545. The molecule has 3 atom stereocenters. The normalized spacial score (nSPS) is 14.3. The van der Waals surface area contributed by atoms with E-state index in [9.17, 15) is 19.0 Å². The lowest BCUT2D eigenvalue weighted by atomic mass is 10.0. The molecule has 3 unspecified atom stereocenters. The summed E-state index contributed by atoms with van der Waals surface area (Å²) in [5.41, 5.74) is 0. The predicted molar refractivity (Wildman–Crippen MR) is 318 cm³/mol. The highest BCUT2D eigenvalue weighted by atomic mass is 31.2. The Morgan fingerprint density at radius 2 is 0.865 bits per heavy atom. The summed E-state index contributed by atoms with van der Waals surface area (Å²) in [6.07, 6.45) is 70.1. The van der Waals surface area contributed by atoms with Gasteiger partial charge in [-0.05, 0) is 102 Å². The van der Waals surface area contributed by atoms with Crippen LogP contribution in [-0.2, 0) is 27.9 Å². The van der Waals surface area contributed by atoms with Gasteiger partial charge in [0.25, 0.3) is 0 Å². The molecule has 10 heteroatoms. The highest BCUT2D eigenvalue weighted by Gasteiger charge is 2.30. The molecule has 0 saturated heterocycles. The van der Waals surface area contributed by atoms with Crippen LogP contribution in [0.25, 0.3) is 0 Å². The Balaban J connectivity index is 5.26. The highest BCUT2D eigenvalue weighted by Crippen LogP contribution is 2.43. The summed E-state index contributed by atoms with van der Waals surface area (Å²) in [4.78, 5) is 37.6. The van der Waals surface area contributed by atoms with Gasteiger partial charge in [0.05, 0.1) is 33.8 Å². The topological polar surface area (TPSA) is 111 Å². The fourth-order valence-corrected chi connectivity index (χ4v) is 9.11. The van der Waals surface area contributed by atoms with E-state index in [4.69, 9.17) is 13.8 Å². The van der Waals surface area contributed by atoms with Gasteiger partial charge in [-0.25, -0.2) is 4.57 Å². The molecule has 428 valence electrons. The molecule has 0 fully saturated rings. The number of hydrogen-bond donors (Lipinski definition) is 2. The van der Waals surface area contributed by atoms with Crippen LogP contribution in [0.1, 0.15) is 258 Å². The fraction of sp³-hybridized carbons (Fsp3) is 0.750. The number of allylic oxidation sites excluding steroid dienone is 13. The summed E-state index contributed by atoms with van der Waals surface area (Å²) in [6.45, 7) is 6.84. The minimum absolute atomic E-state index is 0.0303. The van der Waals surface area contributed by atoms with Crippen molar-refractivity contribution in [1.82, 2.24) is 5.32 Å². The van der Waals surface area contributed by atoms with Crippen LogP contribution in [-0.4, -0.2) is 74.3 Å². The van der Waals surface area contributed by atoms with Gasteiger partial charge in [-0.3, -0.25) is 18.6 Å². The molecule has 0 bridgehead atoms. The number of nitrogens with one attached hydrogen (secondary N) is 1. The number of amides is 1. The van der Waals surface area contributed by atoms with Crippen LogP contribution in [0.5, 0.6) is 0 Å². The fourth-order valence-electron chi connectivity index (χ4n) is 8.37. The molecule has 0 aliphatic rings. The lowest BCUT2D eigenvalue weighted by molar-refractivity contribution is -0.870. The molecule has 0 heterocycles. The van der Waals surface area contributed by atoms with Crippen LogP contribution in [0.2, 0.25) is 0 Å². The molecule has 1 amide bonds. The smallest absolute Gasteiger partial charge is 0.456 e. The number of rotatable bonds is 54. The number of unbranched alkanes of at least 4 members (excludes halogenated alkanes) is 26. The molecular weight excluding hydrogens is 940 g/mol. The molecule has 9 nitrogen and oxygen atoms in total. The van der Waals surface area contributed by atoms with Crippen molar-refractivity contribution in [2.24, 2.45) is 0 Å². The Hall–Kier alpha value is -2.81. The highest BCUT2D eigenvalue weighted by molar-refractivity contribution is 7.47. The zero-order chi connectivity index (χ0) is 54.3. The van der Waals surface area contributed by atoms with Gasteiger partial charge >= 0.3 is 13.8 Å². The number of nitrogens with zero attached hydrogens (tertiary/aromatic N) is 1. The number of ether oxygens (including phenoxy) is 1. The zero-order valence-corrected chi connectivity index (χ0v) is 49.7. The molecular formula is C64H116N2O7P+. The second kappa shape index (κ2) is 53.6. The Labute approximate surface area is 456 Å². The minimum atomic E-state index is -4.46. The number of phosphoric ester groups is 1. The van der Waals surface area contributed by atoms with Gasteiger partial charge in [0, 0.05) is 12.8 Å². The van der Waals surface area contributed by atoms with Gasteiger partial charge in [-0.2, -0.15) is 0 Å². The monoisotopic (exact) mass is 1060 g/mol. The summed E-state index contributed by atoms with van der Waals surface area (Å²) in [6, 6.07) is -0.869. The van der Waals surface area contributed by atoms with Crippen molar-refractivity contribution >= 4 is 19.7 Å². The van der Waals surface area contributed by atoms with Crippen LogP contribution in [0, 0.1) is 0 Å². The Bertz CT molecular complexity index is 1540. The van der Waals surface area contributed by atoms with Crippen LogP contribution in [0.4, 0.5) is 0 Å². The van der Waals surface area contributed by atoms with Crippen molar-refractivity contribution in [1.29, 1.82) is 0 Å². The number of quaternary nitrogens is 1. The van der Waals surface area contributed by atoms with E-state index in [1.54, 1.807) is 0 Å². The number of likely N-dealkylation sites (N-methyl/N-ethyl adjacent to an activating group) is 1. The van der Waals surface area contributed by atoms with Crippen molar-refractivity contribution in [3.8, 4) is 0 Å². The van der Waals surface area contributed by atoms with E-state index in [0.717, 1.165) is 89.9 Å². The molecule has 2 N–H and O–H groups in total. The zero-order valence-electron chi connectivity index (χ0n) is 48.8. The van der Waals surface area contributed by atoms with Gasteiger partial charge in [0.15, 0.2) is 0 Å². The molecule has 0 spiro atoms. The molecule has 0 aromatic carbocycles. The molecule has 0 saturated carbocycles. The van der Waals surface area contributed by atoms with Gasteiger partial charge in [-0.1, -0.05) is 228 Å². The maximum atomic E-state index is 13.5. The Kier molecular flexibility index (Phi) is 51.5. The quantitative estimate of drug-likeness (QED) is 0.0205. The standard InChI is InChI=1S/C64H115N2O7P/c1-7-10-13-16-19-22-25-27-29-31-32-33-34-35-37-39-42-45-48-51-54-57-64(68)73-62(55-52-49-46-43-40-24-21-18-15-12-9-3)61(60-72-74(69,70)71-59-58-66(4,5)6)65-63(67)56-53-50-47-44-41-38-36-30-28-26-23-20-17-14-11-8-2/h11,14,19-20,22-23,27-30,38,41,52,55,61-62H,7-10,12-13,15-18,21,24-26,31-37,39-40,42-51,53-54,56-60H2,1-6H3,(H-,65,67,69,70)/p+1/b14-11+,22-19-,23-20+,29-27-,30-28+,41-38+,55-52+. The molecule has 0 aliphatic heterocycles. The third-order valence-corrected chi connectivity index (χ3v) is 14.1. The summed E-state index contributed by atoms with van der Waals surface area (Å²) < 4.78 is 30.6. The van der Waals surface area contributed by atoms with E-state index in [2.05, 4.69) is 99.0 Å². The van der Waals surface area contributed by atoms with Gasteiger partial charge < -0.3 is 19.4 Å². The first-order chi connectivity index (χ1) is 35.9. The van der Waals surface area contributed by atoms with Crippen LogP contribution in [0.3, 0.4) is 0 Å². The van der Waals surface area contributed by atoms with Gasteiger partial charge in [0.2, 0.25) is 5.91 Å². The van der Waals surface area contributed by atoms with Gasteiger partial charge in [0.1, 0.15) is 19.3 Å². The number of carbonyl (C=O) groups excluding carboxylic acids is 2. The van der Waals surface area contributed by atoms with Crippen molar-refractivity contribution in [3.63, 3.8) is 0 Å².